The SMILES string of the molecule is CCC[C@H](Br)C(=O)Nc1nc2ccccc2s1. The van der Waals surface area contributed by atoms with Gasteiger partial charge in [0.05, 0.1) is 15.0 Å². The van der Waals surface area contributed by atoms with Crippen LogP contribution in [-0.4, -0.2) is 15.7 Å². The van der Waals surface area contributed by atoms with E-state index in [1.807, 2.05) is 24.3 Å². The van der Waals surface area contributed by atoms with Gasteiger partial charge in [-0.25, -0.2) is 4.98 Å². The molecular weight excluding hydrogens is 300 g/mol. The van der Waals surface area contributed by atoms with Crippen LogP contribution in [0.1, 0.15) is 19.8 Å². The van der Waals surface area contributed by atoms with Crippen molar-refractivity contribution < 1.29 is 4.79 Å². The summed E-state index contributed by atoms with van der Waals surface area (Å²) >= 11 is 4.87. The molecule has 0 spiro atoms. The Labute approximate surface area is 112 Å². The molecule has 0 aliphatic carbocycles. The molecule has 90 valence electrons. The molecule has 1 N–H and O–H groups in total. The summed E-state index contributed by atoms with van der Waals surface area (Å²) in [6.07, 6.45) is 1.81. The van der Waals surface area contributed by atoms with Gasteiger partial charge in [0.25, 0.3) is 0 Å². The summed E-state index contributed by atoms with van der Waals surface area (Å²) < 4.78 is 1.09. The van der Waals surface area contributed by atoms with Crippen LogP contribution in [0.4, 0.5) is 5.13 Å². The molecule has 2 aromatic rings. The van der Waals surface area contributed by atoms with Gasteiger partial charge in [-0.15, -0.1) is 0 Å². The summed E-state index contributed by atoms with van der Waals surface area (Å²) in [5, 5.41) is 3.50. The Hall–Kier alpha value is -0.940. The van der Waals surface area contributed by atoms with Crippen molar-refractivity contribution >= 4 is 48.5 Å². The number of fused-ring (bicyclic) bond motifs is 1. The summed E-state index contributed by atoms with van der Waals surface area (Å²) in [6, 6.07) is 7.86. The summed E-state index contributed by atoms with van der Waals surface area (Å²) in [4.78, 5) is 16.0. The van der Waals surface area contributed by atoms with E-state index in [9.17, 15) is 4.79 Å². The van der Waals surface area contributed by atoms with Gasteiger partial charge in [-0.3, -0.25) is 4.79 Å². The zero-order chi connectivity index (χ0) is 12.3. The maximum atomic E-state index is 11.8. The van der Waals surface area contributed by atoms with Crippen molar-refractivity contribution in [3.8, 4) is 0 Å². The molecule has 0 aliphatic rings. The number of nitrogens with one attached hydrogen (secondary N) is 1. The molecule has 1 amide bonds. The minimum absolute atomic E-state index is 0.0223. The highest BCUT2D eigenvalue weighted by atomic mass is 79.9. The van der Waals surface area contributed by atoms with Crippen LogP contribution in [0, 0.1) is 0 Å². The van der Waals surface area contributed by atoms with Gasteiger partial charge in [0.1, 0.15) is 0 Å². The molecule has 2 rings (SSSR count). The third kappa shape index (κ3) is 3.04. The summed E-state index contributed by atoms with van der Waals surface area (Å²) in [6.45, 7) is 2.05. The number of nitrogens with zero attached hydrogens (tertiary/aromatic N) is 1. The lowest BCUT2D eigenvalue weighted by molar-refractivity contribution is -0.115. The molecule has 1 aromatic carbocycles. The van der Waals surface area contributed by atoms with Gasteiger partial charge < -0.3 is 5.32 Å². The first kappa shape index (κ1) is 12.5. The van der Waals surface area contributed by atoms with Crippen LogP contribution < -0.4 is 5.32 Å². The number of benzene rings is 1. The van der Waals surface area contributed by atoms with E-state index >= 15 is 0 Å². The number of halogens is 1. The van der Waals surface area contributed by atoms with Crippen LogP contribution in [-0.2, 0) is 4.79 Å². The van der Waals surface area contributed by atoms with Gasteiger partial charge in [-0.1, -0.05) is 52.7 Å². The Bertz CT molecular complexity index is 493. The predicted molar refractivity (Wildman–Crippen MR) is 75.9 cm³/mol. The molecule has 1 atom stereocenters. The average molecular weight is 313 g/mol. The van der Waals surface area contributed by atoms with E-state index in [2.05, 4.69) is 33.2 Å². The molecular formula is C12H13BrN2OS. The first-order chi connectivity index (χ1) is 8.20. The van der Waals surface area contributed by atoms with Crippen molar-refractivity contribution in [2.24, 2.45) is 0 Å². The van der Waals surface area contributed by atoms with E-state index in [1.165, 1.54) is 11.3 Å². The van der Waals surface area contributed by atoms with Crippen molar-refractivity contribution in [3.63, 3.8) is 0 Å². The van der Waals surface area contributed by atoms with Crippen LogP contribution in [0.15, 0.2) is 24.3 Å². The maximum absolute atomic E-state index is 11.8. The summed E-state index contributed by atoms with van der Waals surface area (Å²) in [5.74, 6) is -0.0223. The van der Waals surface area contributed by atoms with Crippen LogP contribution in [0.2, 0.25) is 0 Å². The topological polar surface area (TPSA) is 42.0 Å². The van der Waals surface area contributed by atoms with Crippen molar-refractivity contribution in [2.75, 3.05) is 5.32 Å². The first-order valence-electron chi connectivity index (χ1n) is 5.51. The number of hydrogen-bond acceptors (Lipinski definition) is 3. The van der Waals surface area contributed by atoms with Crippen molar-refractivity contribution in [2.45, 2.75) is 24.6 Å². The van der Waals surface area contributed by atoms with Crippen molar-refractivity contribution in [1.29, 1.82) is 0 Å². The highest BCUT2D eigenvalue weighted by Crippen LogP contribution is 2.25. The minimum Gasteiger partial charge on any atom is -0.301 e. The summed E-state index contributed by atoms with van der Waals surface area (Å²) in [5.41, 5.74) is 0.925. The Kier molecular flexibility index (Phi) is 4.12. The monoisotopic (exact) mass is 312 g/mol. The second kappa shape index (κ2) is 5.60. The van der Waals surface area contributed by atoms with Crippen LogP contribution in [0.5, 0.6) is 0 Å². The Morgan fingerprint density at radius 2 is 2.29 bits per heavy atom. The van der Waals surface area contributed by atoms with E-state index < -0.39 is 0 Å². The summed E-state index contributed by atoms with van der Waals surface area (Å²) in [7, 11) is 0. The lowest BCUT2D eigenvalue weighted by Gasteiger charge is -2.06. The molecule has 1 heterocycles. The predicted octanol–water partition coefficient (Wildman–Crippen LogP) is 3.80. The van der Waals surface area contributed by atoms with Gasteiger partial charge in [0.2, 0.25) is 5.91 Å². The smallest absolute Gasteiger partial charge is 0.239 e. The van der Waals surface area contributed by atoms with E-state index in [0.717, 1.165) is 23.1 Å². The second-order valence-corrected chi connectivity index (χ2v) is 5.87. The lowest BCUT2D eigenvalue weighted by atomic mass is 10.2. The number of alkyl halides is 1. The van der Waals surface area contributed by atoms with E-state index in [-0.39, 0.29) is 10.7 Å². The number of aromatic nitrogens is 1. The fourth-order valence-electron chi connectivity index (χ4n) is 1.49. The number of carbonyl (C=O) groups excluding carboxylic acids is 1. The van der Waals surface area contributed by atoms with Crippen LogP contribution in [0.25, 0.3) is 10.2 Å². The molecule has 1 aromatic heterocycles. The Morgan fingerprint density at radius 1 is 1.53 bits per heavy atom. The molecule has 3 nitrogen and oxygen atoms in total. The zero-order valence-corrected chi connectivity index (χ0v) is 11.8. The number of carbonyl (C=O) groups is 1. The van der Waals surface area contributed by atoms with E-state index in [4.69, 9.17) is 0 Å². The third-order valence-electron chi connectivity index (χ3n) is 2.35. The molecule has 0 unspecified atom stereocenters. The van der Waals surface area contributed by atoms with Gasteiger partial charge in [0.15, 0.2) is 5.13 Å². The molecule has 5 heteroatoms. The number of thiazole rings is 1. The molecule has 0 saturated carbocycles. The molecule has 0 saturated heterocycles. The third-order valence-corrected chi connectivity index (χ3v) is 4.18. The number of anilines is 1. The largest absolute Gasteiger partial charge is 0.301 e. The molecule has 0 radical (unpaired) electrons. The number of amides is 1. The van der Waals surface area contributed by atoms with Gasteiger partial charge >= 0.3 is 0 Å². The highest BCUT2D eigenvalue weighted by molar-refractivity contribution is 9.10. The van der Waals surface area contributed by atoms with Crippen molar-refractivity contribution in [1.82, 2.24) is 4.98 Å². The van der Waals surface area contributed by atoms with Gasteiger partial charge in [-0.05, 0) is 18.6 Å². The number of rotatable bonds is 4. The van der Waals surface area contributed by atoms with Crippen LogP contribution >= 0.6 is 27.3 Å². The molecule has 17 heavy (non-hydrogen) atoms. The quantitative estimate of drug-likeness (QED) is 0.872. The number of hydrogen-bond donors (Lipinski definition) is 1. The normalized spacial score (nSPS) is 12.6. The maximum Gasteiger partial charge on any atom is 0.239 e. The van der Waals surface area contributed by atoms with Gasteiger partial charge in [0, 0.05) is 0 Å². The van der Waals surface area contributed by atoms with Gasteiger partial charge in [-0.2, -0.15) is 0 Å². The first-order valence-corrected chi connectivity index (χ1v) is 7.24. The molecule has 0 aliphatic heterocycles. The second-order valence-electron chi connectivity index (χ2n) is 3.73. The lowest BCUT2D eigenvalue weighted by Crippen LogP contribution is -2.22. The van der Waals surface area contributed by atoms with Crippen LogP contribution in [0.3, 0.4) is 0 Å². The Morgan fingerprint density at radius 3 is 3.00 bits per heavy atom. The Balaban J connectivity index is 2.10. The zero-order valence-electron chi connectivity index (χ0n) is 9.44. The number of para-hydroxylation sites is 1. The van der Waals surface area contributed by atoms with E-state index in [0.29, 0.717) is 5.13 Å². The standard InChI is InChI=1S/C12H13BrN2OS/c1-2-5-8(13)11(16)15-12-14-9-6-3-4-7-10(9)17-12/h3-4,6-8H,2,5H2,1H3,(H,14,15,16)/t8-/m0/s1. The fraction of sp³-hybridized carbons (Fsp3) is 0.333. The average Bonchev–Trinajstić information content (AvgIpc) is 2.71. The highest BCUT2D eigenvalue weighted by Gasteiger charge is 2.15. The minimum atomic E-state index is -0.139. The van der Waals surface area contributed by atoms with E-state index in [1.54, 1.807) is 0 Å². The fourth-order valence-corrected chi connectivity index (χ4v) is 2.93. The van der Waals surface area contributed by atoms with Crippen molar-refractivity contribution in [3.05, 3.63) is 24.3 Å². The molecule has 0 fully saturated rings. The molecule has 0 bridgehead atoms.